The van der Waals surface area contributed by atoms with Crippen molar-refractivity contribution in [1.29, 1.82) is 0 Å². The quantitative estimate of drug-likeness (QED) is 0.483. The van der Waals surface area contributed by atoms with E-state index in [4.69, 9.17) is 16.3 Å². The first-order chi connectivity index (χ1) is 13.6. The van der Waals surface area contributed by atoms with Crippen molar-refractivity contribution >= 4 is 27.2 Å². The minimum absolute atomic E-state index is 0.0490. The zero-order valence-corrected chi connectivity index (χ0v) is 18.1. The van der Waals surface area contributed by atoms with E-state index in [-0.39, 0.29) is 22.5 Å². The van der Waals surface area contributed by atoms with Crippen molar-refractivity contribution in [3.63, 3.8) is 0 Å². The maximum atomic E-state index is 14.8. The molecule has 0 aromatic heterocycles. The van der Waals surface area contributed by atoms with Gasteiger partial charge in [-0.15, -0.1) is 11.6 Å². The number of carbonyl (C=O) groups excluding carboxylic acids is 1. The van der Waals surface area contributed by atoms with E-state index < -0.39 is 27.2 Å². The minimum Gasteiger partial charge on any atom is -0.489 e. The molecule has 0 radical (unpaired) electrons. The molecule has 0 aliphatic heterocycles. The van der Waals surface area contributed by atoms with E-state index in [1.54, 1.807) is 0 Å². The number of hydrogen-bond acceptors (Lipinski definition) is 4. The average Bonchev–Trinajstić information content (AvgIpc) is 3.40. The van der Waals surface area contributed by atoms with Gasteiger partial charge in [0.25, 0.3) is 0 Å². The molecule has 29 heavy (non-hydrogen) atoms. The summed E-state index contributed by atoms with van der Waals surface area (Å²) in [5.41, 5.74) is 0.701. The molecular formula is C22H26ClFO4S. The van der Waals surface area contributed by atoms with Gasteiger partial charge in [-0.25, -0.2) is 12.8 Å². The maximum absolute atomic E-state index is 14.8. The Morgan fingerprint density at radius 3 is 2.41 bits per heavy atom. The summed E-state index contributed by atoms with van der Waals surface area (Å²) in [5.74, 6) is 0.197. The summed E-state index contributed by atoms with van der Waals surface area (Å²) in [4.78, 5) is 12.3. The summed E-state index contributed by atoms with van der Waals surface area (Å²) in [6.07, 6.45) is 8.26. The summed E-state index contributed by atoms with van der Waals surface area (Å²) in [6.45, 7) is 0. The number of benzene rings is 1. The molecule has 5 aliphatic rings. The zero-order valence-electron chi connectivity index (χ0n) is 16.5. The molecule has 1 aromatic rings. The van der Waals surface area contributed by atoms with Gasteiger partial charge in [0.1, 0.15) is 23.4 Å². The summed E-state index contributed by atoms with van der Waals surface area (Å²) < 4.78 is 44.2. The van der Waals surface area contributed by atoms with Gasteiger partial charge < -0.3 is 4.74 Å². The van der Waals surface area contributed by atoms with Crippen LogP contribution in [0.1, 0.15) is 66.8 Å². The van der Waals surface area contributed by atoms with Crippen molar-refractivity contribution < 1.29 is 22.3 Å². The van der Waals surface area contributed by atoms with Crippen LogP contribution < -0.4 is 4.74 Å². The molecule has 0 N–H and O–H groups in total. The Balaban J connectivity index is 1.44. The molecule has 2 atom stereocenters. The van der Waals surface area contributed by atoms with Gasteiger partial charge in [-0.2, -0.15) is 0 Å². The lowest BCUT2D eigenvalue weighted by Gasteiger charge is -2.57. The van der Waals surface area contributed by atoms with Gasteiger partial charge in [0, 0.05) is 17.2 Å². The Bertz CT molecular complexity index is 955. The van der Waals surface area contributed by atoms with Gasteiger partial charge in [0.05, 0.1) is 5.56 Å². The fourth-order valence-corrected chi connectivity index (χ4v) is 7.38. The van der Waals surface area contributed by atoms with E-state index in [1.165, 1.54) is 12.1 Å². The van der Waals surface area contributed by atoms with Gasteiger partial charge in [0.2, 0.25) is 0 Å². The molecule has 2 unspecified atom stereocenters. The lowest BCUT2D eigenvalue weighted by atomic mass is 9.54. The van der Waals surface area contributed by atoms with Crippen LogP contribution in [-0.4, -0.2) is 37.2 Å². The summed E-state index contributed by atoms with van der Waals surface area (Å²) in [7, 11) is -3.52. The second kappa shape index (κ2) is 6.68. The van der Waals surface area contributed by atoms with Gasteiger partial charge >= 0.3 is 0 Å². The van der Waals surface area contributed by atoms with Crippen molar-refractivity contribution in [3.8, 4) is 5.75 Å². The van der Waals surface area contributed by atoms with Gasteiger partial charge in [-0.3, -0.25) is 4.79 Å². The van der Waals surface area contributed by atoms with E-state index in [9.17, 15) is 17.6 Å². The molecule has 5 fully saturated rings. The van der Waals surface area contributed by atoms with Crippen molar-refractivity contribution in [3.05, 3.63) is 29.1 Å². The molecule has 5 aliphatic carbocycles. The number of ether oxygens (including phenoxy) is 1. The number of rotatable bonds is 6. The minimum atomic E-state index is -3.52. The maximum Gasteiger partial charge on any atom is 0.180 e. The topological polar surface area (TPSA) is 60.4 Å². The normalized spacial score (nSPS) is 35.7. The summed E-state index contributed by atoms with van der Waals surface area (Å²) in [6, 6.07) is 2.85. The largest absolute Gasteiger partial charge is 0.489 e. The number of hydrogen-bond donors (Lipinski definition) is 0. The summed E-state index contributed by atoms with van der Waals surface area (Å²) >= 11 is 6.82. The Labute approximate surface area is 176 Å². The smallest absolute Gasteiger partial charge is 0.180 e. The van der Waals surface area contributed by atoms with E-state index in [2.05, 4.69) is 0 Å². The highest BCUT2D eigenvalue weighted by Crippen LogP contribution is 2.59. The third-order valence-electron chi connectivity index (χ3n) is 7.19. The molecule has 158 valence electrons. The molecule has 0 saturated heterocycles. The van der Waals surface area contributed by atoms with Gasteiger partial charge in [0.15, 0.2) is 15.6 Å². The van der Waals surface area contributed by atoms with Crippen molar-refractivity contribution in [2.24, 2.45) is 17.8 Å². The molecule has 4 bridgehead atoms. The lowest BCUT2D eigenvalue weighted by Crippen LogP contribution is -2.56. The standard InChI is InChI=1S/C22H26ClFO4S/c1-29(26,27)11-19(25)17-6-16(13-2-3-13)20(7-18(17)24)28-21-14-4-12-5-15(21)10-22(23,8-12)9-14/h6-7,12-15,21H,2-5,8-11H2,1H3. The number of alkyl halides is 1. The molecule has 6 rings (SSSR count). The fraction of sp³-hybridized carbons (Fsp3) is 0.682. The van der Waals surface area contributed by atoms with E-state index in [0.29, 0.717) is 23.5 Å². The molecule has 0 spiro atoms. The molecule has 0 amide bonds. The fourth-order valence-electron chi connectivity index (χ4n) is 6.13. The van der Waals surface area contributed by atoms with Crippen LogP contribution in [0.2, 0.25) is 0 Å². The van der Waals surface area contributed by atoms with Crippen LogP contribution in [0.3, 0.4) is 0 Å². The van der Waals surface area contributed by atoms with Crippen LogP contribution in [0, 0.1) is 23.6 Å². The predicted octanol–water partition coefficient (Wildman–Crippen LogP) is 4.50. The predicted molar refractivity (Wildman–Crippen MR) is 109 cm³/mol. The molecular weight excluding hydrogens is 415 g/mol. The Morgan fingerprint density at radius 1 is 1.21 bits per heavy atom. The first-order valence-electron chi connectivity index (χ1n) is 10.5. The zero-order chi connectivity index (χ0) is 20.6. The third kappa shape index (κ3) is 3.83. The molecule has 1 aromatic carbocycles. The number of sulfone groups is 1. The van der Waals surface area contributed by atoms with Gasteiger partial charge in [-0.05, 0) is 80.2 Å². The van der Waals surface area contributed by atoms with E-state index in [0.717, 1.165) is 56.8 Å². The highest BCUT2D eigenvalue weighted by Gasteiger charge is 2.55. The monoisotopic (exact) mass is 440 g/mol. The molecule has 4 nitrogen and oxygen atoms in total. The van der Waals surface area contributed by atoms with E-state index in [1.807, 2.05) is 0 Å². The van der Waals surface area contributed by atoms with Crippen molar-refractivity contribution in [2.75, 3.05) is 12.0 Å². The molecule has 0 heterocycles. The average molecular weight is 441 g/mol. The van der Waals surface area contributed by atoms with Crippen LogP contribution in [-0.2, 0) is 9.84 Å². The van der Waals surface area contributed by atoms with Gasteiger partial charge in [-0.1, -0.05) is 0 Å². The van der Waals surface area contributed by atoms with Crippen molar-refractivity contribution in [2.45, 2.75) is 61.8 Å². The third-order valence-corrected chi connectivity index (χ3v) is 8.43. The van der Waals surface area contributed by atoms with Crippen LogP contribution in [0.4, 0.5) is 4.39 Å². The highest BCUT2D eigenvalue weighted by molar-refractivity contribution is 7.91. The number of halogens is 2. The second-order valence-corrected chi connectivity index (χ2v) is 12.8. The first-order valence-corrected chi connectivity index (χ1v) is 12.9. The van der Waals surface area contributed by atoms with Crippen LogP contribution >= 0.6 is 11.6 Å². The van der Waals surface area contributed by atoms with Crippen LogP contribution in [0.15, 0.2) is 12.1 Å². The van der Waals surface area contributed by atoms with Crippen LogP contribution in [0.25, 0.3) is 0 Å². The Hall–Kier alpha value is -1.14. The molecule has 5 saturated carbocycles. The van der Waals surface area contributed by atoms with Crippen LogP contribution in [0.5, 0.6) is 5.75 Å². The lowest BCUT2D eigenvalue weighted by molar-refractivity contribution is -0.0700. The SMILES string of the molecule is CS(=O)(=O)CC(=O)c1cc(C2CC2)c(OC2C3CC4CC2CC(Cl)(C4)C3)cc1F. The Kier molecular flexibility index (Phi) is 4.56. The molecule has 7 heteroatoms. The van der Waals surface area contributed by atoms with E-state index >= 15 is 0 Å². The highest BCUT2D eigenvalue weighted by atomic mass is 35.5. The number of Topliss-reactive ketones (excluding diaryl/α,β-unsaturated/α-hetero) is 1. The number of ketones is 1. The second-order valence-electron chi connectivity index (χ2n) is 9.84. The first kappa shape index (κ1) is 19.8. The summed E-state index contributed by atoms with van der Waals surface area (Å²) in [5, 5.41) is 0. The number of carbonyl (C=O) groups is 1. The Morgan fingerprint density at radius 2 is 1.86 bits per heavy atom. The van der Waals surface area contributed by atoms with Crippen molar-refractivity contribution in [1.82, 2.24) is 0 Å².